The van der Waals surface area contributed by atoms with Gasteiger partial charge in [0, 0.05) is 35.9 Å². The first-order valence-electron chi connectivity index (χ1n) is 9.92. The molecule has 0 spiro atoms. The molecule has 4 aromatic rings. The van der Waals surface area contributed by atoms with Crippen LogP contribution in [0.1, 0.15) is 35.3 Å². The number of amides is 1. The predicted octanol–water partition coefficient (Wildman–Crippen LogP) is 6.16. The third-order valence-corrected chi connectivity index (χ3v) is 5.20. The van der Waals surface area contributed by atoms with Crippen molar-refractivity contribution in [3.8, 4) is 11.1 Å². The standard InChI is InChI=1S/C23H17FN2O.C2H6/c24-21-11-16(17-6-5-15-9-10-25-22(15)12-17)7-8-19(21)14-26-13-18-3-1-2-4-20(18)23(26)27;1-2/h1-12,25H,13-14H2;1-2H3. The van der Waals surface area contributed by atoms with Crippen molar-refractivity contribution in [1.82, 2.24) is 9.88 Å². The average Bonchev–Trinajstić information content (AvgIpc) is 3.35. The van der Waals surface area contributed by atoms with Crippen molar-refractivity contribution in [3.63, 3.8) is 0 Å². The normalized spacial score (nSPS) is 12.7. The quantitative estimate of drug-likeness (QED) is 0.450. The average molecular weight is 386 g/mol. The fourth-order valence-electron chi connectivity index (χ4n) is 3.73. The van der Waals surface area contributed by atoms with Crippen molar-refractivity contribution in [2.75, 3.05) is 0 Å². The van der Waals surface area contributed by atoms with E-state index in [1.54, 1.807) is 17.0 Å². The Morgan fingerprint density at radius 3 is 2.52 bits per heavy atom. The molecule has 0 saturated carbocycles. The number of rotatable bonds is 3. The number of aromatic amines is 1. The van der Waals surface area contributed by atoms with Crippen LogP contribution in [0, 0.1) is 5.82 Å². The highest BCUT2D eigenvalue weighted by atomic mass is 19.1. The van der Waals surface area contributed by atoms with Crippen LogP contribution in [0.25, 0.3) is 22.0 Å². The Labute approximate surface area is 169 Å². The predicted molar refractivity (Wildman–Crippen MR) is 115 cm³/mol. The molecule has 0 saturated heterocycles. The number of carbonyl (C=O) groups is 1. The number of fused-ring (bicyclic) bond motifs is 2. The second-order valence-corrected chi connectivity index (χ2v) is 6.90. The van der Waals surface area contributed by atoms with Crippen molar-refractivity contribution in [2.24, 2.45) is 0 Å². The molecule has 29 heavy (non-hydrogen) atoms. The number of nitrogens with zero attached hydrogens (tertiary/aromatic N) is 1. The van der Waals surface area contributed by atoms with Gasteiger partial charge in [-0.15, -0.1) is 0 Å². The van der Waals surface area contributed by atoms with Crippen molar-refractivity contribution in [3.05, 3.63) is 95.4 Å². The van der Waals surface area contributed by atoms with Gasteiger partial charge in [-0.05, 0) is 46.3 Å². The third kappa shape index (κ3) is 3.54. The lowest BCUT2D eigenvalue weighted by Crippen LogP contribution is -2.23. The minimum atomic E-state index is -0.289. The van der Waals surface area contributed by atoms with Crippen LogP contribution in [0.3, 0.4) is 0 Å². The lowest BCUT2D eigenvalue weighted by Gasteiger charge is -2.16. The molecule has 1 N–H and O–H groups in total. The maximum Gasteiger partial charge on any atom is 0.254 e. The molecule has 2 heterocycles. The summed E-state index contributed by atoms with van der Waals surface area (Å²) >= 11 is 0. The number of carbonyl (C=O) groups excluding carboxylic acids is 1. The maximum absolute atomic E-state index is 14.8. The second kappa shape index (κ2) is 7.92. The van der Waals surface area contributed by atoms with Crippen LogP contribution < -0.4 is 0 Å². The van der Waals surface area contributed by atoms with Crippen molar-refractivity contribution in [2.45, 2.75) is 26.9 Å². The van der Waals surface area contributed by atoms with Crippen LogP contribution in [0.4, 0.5) is 4.39 Å². The number of hydrogen-bond donors (Lipinski definition) is 1. The molecule has 1 aliphatic heterocycles. The Balaban J connectivity index is 0.000000994. The van der Waals surface area contributed by atoms with Crippen LogP contribution in [-0.4, -0.2) is 15.8 Å². The number of H-pyrrole nitrogens is 1. The molecule has 1 aromatic heterocycles. The minimum Gasteiger partial charge on any atom is -0.361 e. The summed E-state index contributed by atoms with van der Waals surface area (Å²) in [5.41, 5.74) is 5.05. The van der Waals surface area contributed by atoms with Gasteiger partial charge in [0.05, 0.1) is 0 Å². The van der Waals surface area contributed by atoms with Crippen molar-refractivity contribution < 1.29 is 9.18 Å². The number of aromatic nitrogens is 1. The van der Waals surface area contributed by atoms with E-state index < -0.39 is 0 Å². The largest absolute Gasteiger partial charge is 0.361 e. The number of benzene rings is 3. The molecular weight excluding hydrogens is 363 g/mol. The lowest BCUT2D eigenvalue weighted by molar-refractivity contribution is 0.0765. The smallest absolute Gasteiger partial charge is 0.254 e. The summed E-state index contributed by atoms with van der Waals surface area (Å²) in [5, 5.41) is 1.13. The summed E-state index contributed by atoms with van der Waals surface area (Å²) in [5.74, 6) is -0.325. The van der Waals surface area contributed by atoms with E-state index in [1.807, 2.05) is 74.6 Å². The molecule has 5 rings (SSSR count). The molecule has 1 amide bonds. The molecule has 0 unspecified atom stereocenters. The van der Waals surface area contributed by atoms with Crippen LogP contribution >= 0.6 is 0 Å². The molecule has 0 radical (unpaired) electrons. The van der Waals surface area contributed by atoms with E-state index in [-0.39, 0.29) is 18.3 Å². The number of halogens is 1. The molecule has 0 atom stereocenters. The van der Waals surface area contributed by atoms with Gasteiger partial charge in [0.25, 0.3) is 5.91 Å². The Hall–Kier alpha value is -3.40. The van der Waals surface area contributed by atoms with E-state index in [1.165, 1.54) is 0 Å². The first kappa shape index (κ1) is 18.9. The van der Waals surface area contributed by atoms with Gasteiger partial charge in [0.15, 0.2) is 0 Å². The molecule has 0 aliphatic carbocycles. The van der Waals surface area contributed by atoms with E-state index in [0.717, 1.165) is 27.6 Å². The highest BCUT2D eigenvalue weighted by Crippen LogP contribution is 2.28. The maximum atomic E-state index is 14.8. The molecule has 3 aromatic carbocycles. The summed E-state index contributed by atoms with van der Waals surface area (Å²) in [7, 11) is 0. The van der Waals surface area contributed by atoms with Crippen LogP contribution in [-0.2, 0) is 13.1 Å². The topological polar surface area (TPSA) is 36.1 Å². The lowest BCUT2D eigenvalue weighted by atomic mass is 10.0. The zero-order valence-corrected chi connectivity index (χ0v) is 16.6. The van der Waals surface area contributed by atoms with Gasteiger partial charge in [0.2, 0.25) is 0 Å². The summed E-state index contributed by atoms with van der Waals surface area (Å²) in [6, 6.07) is 20.8. The van der Waals surface area contributed by atoms with E-state index >= 15 is 0 Å². The van der Waals surface area contributed by atoms with Gasteiger partial charge in [-0.25, -0.2) is 4.39 Å². The highest BCUT2D eigenvalue weighted by Gasteiger charge is 2.27. The van der Waals surface area contributed by atoms with E-state index in [0.29, 0.717) is 17.7 Å². The Morgan fingerprint density at radius 1 is 0.966 bits per heavy atom. The third-order valence-electron chi connectivity index (χ3n) is 5.20. The van der Waals surface area contributed by atoms with E-state index in [9.17, 15) is 9.18 Å². The van der Waals surface area contributed by atoms with Gasteiger partial charge in [-0.1, -0.05) is 56.3 Å². The van der Waals surface area contributed by atoms with E-state index in [2.05, 4.69) is 4.98 Å². The summed E-state index contributed by atoms with van der Waals surface area (Å²) in [4.78, 5) is 17.4. The SMILES string of the molecule is CC.O=C1c2ccccc2CN1Cc1ccc(-c2ccc3cc[nH]c3c2)cc1F. The first-order valence-corrected chi connectivity index (χ1v) is 9.92. The second-order valence-electron chi connectivity index (χ2n) is 6.90. The number of nitrogens with one attached hydrogen (secondary N) is 1. The molecular formula is C25H23FN2O. The molecule has 1 aliphatic rings. The van der Waals surface area contributed by atoms with Gasteiger partial charge < -0.3 is 9.88 Å². The fourth-order valence-corrected chi connectivity index (χ4v) is 3.73. The Kier molecular flexibility index (Phi) is 5.17. The Morgan fingerprint density at radius 2 is 1.72 bits per heavy atom. The van der Waals surface area contributed by atoms with Gasteiger partial charge in [0.1, 0.15) is 5.82 Å². The highest BCUT2D eigenvalue weighted by molar-refractivity contribution is 5.98. The summed E-state index contributed by atoms with van der Waals surface area (Å²) in [6.07, 6.45) is 1.89. The number of hydrogen-bond acceptors (Lipinski definition) is 1. The molecule has 146 valence electrons. The Bertz CT molecular complexity index is 1180. The summed E-state index contributed by atoms with van der Waals surface area (Å²) < 4.78 is 14.8. The molecule has 0 fully saturated rings. The zero-order valence-electron chi connectivity index (χ0n) is 16.6. The van der Waals surface area contributed by atoms with Crippen molar-refractivity contribution >= 4 is 16.8 Å². The molecule has 0 bridgehead atoms. The van der Waals surface area contributed by atoms with Crippen LogP contribution in [0.15, 0.2) is 72.9 Å². The van der Waals surface area contributed by atoms with Crippen molar-refractivity contribution in [1.29, 1.82) is 0 Å². The first-order chi connectivity index (χ1) is 14.2. The fraction of sp³-hybridized carbons (Fsp3) is 0.160. The molecule has 3 nitrogen and oxygen atoms in total. The van der Waals surface area contributed by atoms with E-state index in [4.69, 9.17) is 0 Å². The monoisotopic (exact) mass is 386 g/mol. The van der Waals surface area contributed by atoms with Gasteiger partial charge in [-0.2, -0.15) is 0 Å². The molecule has 4 heteroatoms. The minimum absolute atomic E-state index is 0.0359. The zero-order chi connectivity index (χ0) is 20.4. The summed E-state index contributed by atoms with van der Waals surface area (Å²) in [6.45, 7) is 4.80. The van der Waals surface area contributed by atoms with Gasteiger partial charge in [-0.3, -0.25) is 4.79 Å². The van der Waals surface area contributed by atoms with Gasteiger partial charge >= 0.3 is 0 Å². The van der Waals surface area contributed by atoms with Crippen LogP contribution in [0.5, 0.6) is 0 Å². The van der Waals surface area contributed by atoms with Crippen LogP contribution in [0.2, 0.25) is 0 Å².